The molecule has 0 heterocycles. The van der Waals surface area contributed by atoms with Gasteiger partial charge in [-0.15, -0.1) is 0 Å². The molecule has 0 aliphatic rings. The van der Waals surface area contributed by atoms with E-state index in [4.69, 9.17) is 3.73 Å². The van der Waals surface area contributed by atoms with Gasteiger partial charge in [-0.05, 0) is 0 Å². The first-order valence-corrected chi connectivity index (χ1v) is 11.7. The van der Waals surface area contributed by atoms with Crippen molar-refractivity contribution < 1.29 is 30.9 Å². The Morgan fingerprint density at radius 1 is 1.24 bits per heavy atom. The average molecular weight is 466 g/mol. The second kappa shape index (κ2) is 9.51. The number of benzene rings is 2. The molecule has 0 bridgehead atoms. The van der Waals surface area contributed by atoms with E-state index in [9.17, 15) is 27.5 Å². The first-order valence-electron chi connectivity index (χ1n) is 8.38. The predicted octanol–water partition coefficient (Wildman–Crippen LogP) is 0.694. The fourth-order valence-electron chi connectivity index (χ4n) is 2.39. The van der Waals surface area contributed by atoms with Crippen LogP contribution < -0.4 is 9.83 Å². The summed E-state index contributed by atoms with van der Waals surface area (Å²) in [6.45, 7) is 2.77. The van der Waals surface area contributed by atoms with Crippen LogP contribution in [0.5, 0.6) is 0 Å². The van der Waals surface area contributed by atoms with E-state index in [1.165, 1.54) is 42.5 Å². The molecule has 0 radical (unpaired) electrons. The number of nitrogens with one attached hydrogen (secondary N) is 1. The minimum absolute atomic E-state index is 0.0127. The monoisotopic (exact) mass is 466 g/mol. The first-order chi connectivity index (χ1) is 13.6. The number of nitro groups is 1. The SMILES string of the molecule is CC(=O)NOC(=O)C(Cc1cc([N+](=O)[O-])ccc1C)O[As](=O)(O)c1ccccc1. The van der Waals surface area contributed by atoms with Crippen molar-refractivity contribution in [1.82, 2.24) is 5.48 Å². The molecule has 154 valence electrons. The third-order valence-electron chi connectivity index (χ3n) is 3.86. The topological polar surface area (TPSA) is 145 Å². The summed E-state index contributed by atoms with van der Waals surface area (Å²) >= 11 is -5.16. The normalized spacial score (nSPS) is 13.8. The van der Waals surface area contributed by atoms with E-state index in [1.807, 2.05) is 5.48 Å². The molecule has 0 aromatic heterocycles. The van der Waals surface area contributed by atoms with Crippen LogP contribution in [0.2, 0.25) is 0 Å². The summed E-state index contributed by atoms with van der Waals surface area (Å²) in [6, 6.07) is 11.5. The van der Waals surface area contributed by atoms with Gasteiger partial charge in [0.15, 0.2) is 0 Å². The molecule has 2 aromatic rings. The number of hydrogen-bond acceptors (Lipinski definition) is 7. The third-order valence-corrected chi connectivity index (χ3v) is 6.99. The van der Waals surface area contributed by atoms with Gasteiger partial charge < -0.3 is 0 Å². The molecule has 0 aliphatic carbocycles. The molecule has 10 nitrogen and oxygen atoms in total. The zero-order chi connectivity index (χ0) is 21.6. The van der Waals surface area contributed by atoms with E-state index < -0.39 is 37.1 Å². The molecule has 11 heteroatoms. The van der Waals surface area contributed by atoms with Crippen molar-refractivity contribution >= 4 is 36.1 Å². The fraction of sp³-hybridized carbons (Fsp3) is 0.222. The van der Waals surface area contributed by atoms with Crippen molar-refractivity contribution in [2.45, 2.75) is 26.4 Å². The van der Waals surface area contributed by atoms with Gasteiger partial charge in [-0.3, -0.25) is 0 Å². The molecule has 0 fully saturated rings. The van der Waals surface area contributed by atoms with Crippen LogP contribution in [0.15, 0.2) is 48.5 Å². The van der Waals surface area contributed by atoms with E-state index in [0.29, 0.717) is 11.1 Å². The Bertz CT molecular complexity index is 964. The van der Waals surface area contributed by atoms with Gasteiger partial charge in [0.1, 0.15) is 0 Å². The fourth-order valence-corrected chi connectivity index (χ4v) is 4.86. The molecular weight excluding hydrogens is 447 g/mol. The molecule has 29 heavy (non-hydrogen) atoms. The number of amides is 1. The van der Waals surface area contributed by atoms with Crippen LogP contribution in [0.1, 0.15) is 18.1 Å². The molecule has 1 amide bonds. The number of nitro benzene ring substituents is 1. The number of carbonyl (C=O) groups excluding carboxylic acids is 2. The van der Waals surface area contributed by atoms with Crippen molar-refractivity contribution in [1.29, 1.82) is 0 Å². The summed E-state index contributed by atoms with van der Waals surface area (Å²) in [4.78, 5) is 38.4. The van der Waals surface area contributed by atoms with Gasteiger partial charge in [-0.1, -0.05) is 0 Å². The number of carbonyl (C=O) groups is 2. The predicted molar refractivity (Wildman–Crippen MR) is 101 cm³/mol. The van der Waals surface area contributed by atoms with Gasteiger partial charge in [0, 0.05) is 0 Å². The summed E-state index contributed by atoms with van der Waals surface area (Å²) < 4.78 is 28.3. The Hall–Kier alpha value is -2.94. The van der Waals surface area contributed by atoms with Crippen molar-refractivity contribution in [3.05, 3.63) is 69.8 Å². The van der Waals surface area contributed by atoms with Crippen LogP contribution in [0.25, 0.3) is 0 Å². The molecule has 2 N–H and O–H groups in total. The molecule has 0 saturated heterocycles. The van der Waals surface area contributed by atoms with Gasteiger partial charge in [0.25, 0.3) is 0 Å². The molecule has 2 atom stereocenters. The third kappa shape index (κ3) is 6.28. The Morgan fingerprint density at radius 2 is 1.90 bits per heavy atom. The minimum atomic E-state index is -5.16. The number of hydroxylamine groups is 1. The summed E-state index contributed by atoms with van der Waals surface area (Å²) in [7, 11) is 0. The van der Waals surface area contributed by atoms with Crippen LogP contribution >= 0.6 is 0 Å². The van der Waals surface area contributed by atoms with E-state index in [2.05, 4.69) is 4.84 Å². The summed E-state index contributed by atoms with van der Waals surface area (Å²) in [5.74, 6) is -1.78. The Kier molecular flexibility index (Phi) is 7.33. The maximum absolute atomic E-state index is 12.7. The molecule has 2 rings (SSSR count). The van der Waals surface area contributed by atoms with Gasteiger partial charge in [-0.25, -0.2) is 0 Å². The van der Waals surface area contributed by atoms with E-state index in [1.54, 1.807) is 13.0 Å². The van der Waals surface area contributed by atoms with Gasteiger partial charge in [0.2, 0.25) is 0 Å². The average Bonchev–Trinajstić information content (AvgIpc) is 2.67. The second-order valence-corrected chi connectivity index (χ2v) is 9.81. The van der Waals surface area contributed by atoms with Gasteiger partial charge in [-0.2, -0.15) is 0 Å². The quantitative estimate of drug-likeness (QED) is 0.345. The van der Waals surface area contributed by atoms with Gasteiger partial charge in [0.05, 0.1) is 0 Å². The number of nitrogens with zero attached hydrogens (tertiary/aromatic N) is 1. The maximum atomic E-state index is 12.7. The van der Waals surface area contributed by atoms with Crippen LogP contribution in [0.3, 0.4) is 0 Å². The zero-order valence-electron chi connectivity index (χ0n) is 15.6. The number of non-ortho nitro benzene ring substituents is 1. The van der Waals surface area contributed by atoms with Crippen molar-refractivity contribution in [2.24, 2.45) is 0 Å². The van der Waals surface area contributed by atoms with Crippen molar-refractivity contribution in [3.8, 4) is 0 Å². The van der Waals surface area contributed by atoms with E-state index in [-0.39, 0.29) is 16.5 Å². The first kappa shape index (κ1) is 22.3. The van der Waals surface area contributed by atoms with Crippen LogP contribution in [-0.4, -0.2) is 41.2 Å². The van der Waals surface area contributed by atoms with Gasteiger partial charge >= 0.3 is 169 Å². The van der Waals surface area contributed by atoms with Crippen molar-refractivity contribution in [3.63, 3.8) is 0 Å². The van der Waals surface area contributed by atoms with E-state index in [0.717, 1.165) is 6.92 Å². The van der Waals surface area contributed by atoms with Crippen LogP contribution in [0.4, 0.5) is 5.69 Å². The Morgan fingerprint density at radius 3 is 2.48 bits per heavy atom. The van der Waals surface area contributed by atoms with Crippen molar-refractivity contribution in [2.75, 3.05) is 0 Å². The molecule has 0 aliphatic heterocycles. The summed E-state index contributed by atoms with van der Waals surface area (Å²) in [5, 5.41) is 11.0. The molecule has 2 unspecified atom stereocenters. The number of hydrogen-bond donors (Lipinski definition) is 2. The summed E-state index contributed by atoms with van der Waals surface area (Å²) in [5.41, 5.74) is 2.59. The summed E-state index contributed by atoms with van der Waals surface area (Å²) in [6.07, 6.45) is -1.86. The Labute approximate surface area is 168 Å². The zero-order valence-corrected chi connectivity index (χ0v) is 17.5. The number of aryl methyl sites for hydroxylation is 1. The molecule has 2 aromatic carbocycles. The van der Waals surface area contributed by atoms with Crippen LogP contribution in [0, 0.1) is 17.0 Å². The Balaban J connectivity index is 2.34. The number of rotatable bonds is 7. The molecule has 0 saturated carbocycles. The molecular formula is C18H19AsN2O8. The second-order valence-electron chi connectivity index (χ2n) is 6.10. The molecule has 0 spiro atoms. The van der Waals surface area contributed by atoms with E-state index >= 15 is 0 Å². The standard InChI is InChI=1S/C18H19AsN2O8/c1-12-8-9-16(21(26)27)10-14(12)11-17(18(23)29-20-13(2)22)28-19(24,25)15-6-4-3-5-7-15/h3-10,17H,11H2,1-2H3,(H,20,22)(H,24,25). The van der Waals surface area contributed by atoms with Crippen LogP contribution in [-0.2, 0) is 28.3 Å².